The summed E-state index contributed by atoms with van der Waals surface area (Å²) >= 11 is 10.3. The van der Waals surface area contributed by atoms with E-state index in [-0.39, 0.29) is 11.9 Å². The monoisotopic (exact) mass is 463 g/mol. The lowest BCUT2D eigenvalue weighted by Gasteiger charge is -2.18. The van der Waals surface area contributed by atoms with Gasteiger partial charge in [0.1, 0.15) is 5.82 Å². The molecule has 5 heteroatoms. The summed E-state index contributed by atoms with van der Waals surface area (Å²) in [6.07, 6.45) is 0.706. The van der Waals surface area contributed by atoms with Crippen LogP contribution >= 0.6 is 47.8 Å². The highest BCUT2D eigenvalue weighted by molar-refractivity contribution is 9.11. The summed E-state index contributed by atoms with van der Waals surface area (Å²) in [6, 6.07) is 11.4. The molecule has 106 valence electrons. The van der Waals surface area contributed by atoms with Crippen LogP contribution in [0.4, 0.5) is 4.39 Å². The van der Waals surface area contributed by atoms with Gasteiger partial charge in [0.25, 0.3) is 0 Å². The molecule has 2 aromatic carbocycles. The zero-order valence-corrected chi connectivity index (χ0v) is 15.5. The molecule has 0 amide bonds. The molecular formula is C15H13Br3FN. The molecular weight excluding hydrogens is 453 g/mol. The summed E-state index contributed by atoms with van der Waals surface area (Å²) in [7, 11) is 1.91. The molecule has 2 aromatic rings. The third-order valence-electron chi connectivity index (χ3n) is 3.09. The van der Waals surface area contributed by atoms with Crippen LogP contribution in [0.1, 0.15) is 17.2 Å². The molecule has 1 N–H and O–H groups in total. The van der Waals surface area contributed by atoms with Crippen LogP contribution in [0.5, 0.6) is 0 Å². The number of benzene rings is 2. The van der Waals surface area contributed by atoms with E-state index in [9.17, 15) is 4.39 Å². The van der Waals surface area contributed by atoms with Gasteiger partial charge in [-0.2, -0.15) is 0 Å². The van der Waals surface area contributed by atoms with Gasteiger partial charge in [-0.05, 0) is 64.8 Å². The summed E-state index contributed by atoms with van der Waals surface area (Å²) in [5, 5.41) is 3.28. The number of hydrogen-bond donors (Lipinski definition) is 1. The molecule has 1 nitrogen and oxygen atoms in total. The molecule has 0 heterocycles. The number of nitrogens with one attached hydrogen (secondary N) is 1. The van der Waals surface area contributed by atoms with E-state index in [1.54, 1.807) is 6.07 Å². The molecule has 1 unspecified atom stereocenters. The fourth-order valence-corrected chi connectivity index (χ4v) is 3.84. The van der Waals surface area contributed by atoms with Crippen molar-refractivity contribution >= 4 is 47.8 Å². The van der Waals surface area contributed by atoms with Crippen molar-refractivity contribution in [2.24, 2.45) is 0 Å². The average molecular weight is 466 g/mol. The Morgan fingerprint density at radius 1 is 1.10 bits per heavy atom. The summed E-state index contributed by atoms with van der Waals surface area (Å²) in [4.78, 5) is 0. The molecule has 0 bridgehead atoms. The minimum Gasteiger partial charge on any atom is -0.313 e. The van der Waals surface area contributed by atoms with E-state index in [1.807, 2.05) is 19.2 Å². The second-order valence-corrected chi connectivity index (χ2v) is 7.09. The maximum absolute atomic E-state index is 13.6. The second kappa shape index (κ2) is 7.16. The van der Waals surface area contributed by atoms with Gasteiger partial charge in [0.05, 0.1) is 4.47 Å². The number of hydrogen-bond acceptors (Lipinski definition) is 1. The van der Waals surface area contributed by atoms with Gasteiger partial charge in [0, 0.05) is 15.0 Å². The lowest BCUT2D eigenvalue weighted by Crippen LogP contribution is -2.19. The molecule has 0 aliphatic heterocycles. The number of likely N-dealkylation sites (N-methyl/N-ethyl adjacent to an activating group) is 1. The van der Waals surface area contributed by atoms with Gasteiger partial charge in [-0.3, -0.25) is 0 Å². The zero-order chi connectivity index (χ0) is 14.7. The number of halogens is 4. The van der Waals surface area contributed by atoms with Crippen LogP contribution in [-0.2, 0) is 6.42 Å². The van der Waals surface area contributed by atoms with E-state index < -0.39 is 0 Å². The Morgan fingerprint density at radius 3 is 2.35 bits per heavy atom. The summed E-state index contributed by atoms with van der Waals surface area (Å²) in [5.74, 6) is -0.229. The highest BCUT2D eigenvalue weighted by Gasteiger charge is 2.14. The van der Waals surface area contributed by atoms with Gasteiger partial charge >= 0.3 is 0 Å². The SMILES string of the molecule is CNC(Cc1cccc(F)c1Br)c1cc(Br)cc(Br)c1. The van der Waals surface area contributed by atoms with Crippen molar-refractivity contribution in [2.75, 3.05) is 7.05 Å². The fraction of sp³-hybridized carbons (Fsp3) is 0.200. The summed E-state index contributed by atoms with van der Waals surface area (Å²) in [6.45, 7) is 0. The van der Waals surface area contributed by atoms with E-state index in [0.717, 1.165) is 20.1 Å². The Kier molecular flexibility index (Phi) is 5.78. The van der Waals surface area contributed by atoms with Crippen LogP contribution in [0.3, 0.4) is 0 Å². The molecule has 0 spiro atoms. The zero-order valence-electron chi connectivity index (χ0n) is 10.8. The van der Waals surface area contributed by atoms with Crippen molar-refractivity contribution in [1.82, 2.24) is 5.32 Å². The Hall–Kier alpha value is -0.230. The molecule has 0 aliphatic rings. The van der Waals surface area contributed by atoms with E-state index in [0.29, 0.717) is 10.9 Å². The van der Waals surface area contributed by atoms with Crippen molar-refractivity contribution in [3.63, 3.8) is 0 Å². The van der Waals surface area contributed by atoms with Crippen LogP contribution in [0.15, 0.2) is 49.8 Å². The normalized spacial score (nSPS) is 12.4. The number of rotatable bonds is 4. The molecule has 1 atom stereocenters. The molecule has 0 saturated carbocycles. The van der Waals surface area contributed by atoms with Crippen LogP contribution in [0.25, 0.3) is 0 Å². The first-order valence-electron chi connectivity index (χ1n) is 6.07. The summed E-state index contributed by atoms with van der Waals surface area (Å²) in [5.41, 5.74) is 2.09. The summed E-state index contributed by atoms with van der Waals surface area (Å²) < 4.78 is 16.1. The molecule has 0 aromatic heterocycles. The lowest BCUT2D eigenvalue weighted by atomic mass is 9.99. The molecule has 0 radical (unpaired) electrons. The third-order valence-corrected chi connectivity index (χ3v) is 4.90. The largest absolute Gasteiger partial charge is 0.313 e. The predicted molar refractivity (Wildman–Crippen MR) is 91.4 cm³/mol. The van der Waals surface area contributed by atoms with E-state index >= 15 is 0 Å². The van der Waals surface area contributed by atoms with Crippen LogP contribution in [-0.4, -0.2) is 7.05 Å². The van der Waals surface area contributed by atoms with Gasteiger partial charge < -0.3 is 5.32 Å². The van der Waals surface area contributed by atoms with Crippen molar-refractivity contribution in [1.29, 1.82) is 0 Å². The quantitative estimate of drug-likeness (QED) is 0.618. The van der Waals surface area contributed by atoms with Crippen LogP contribution < -0.4 is 5.32 Å². The van der Waals surface area contributed by atoms with E-state index in [1.165, 1.54) is 6.07 Å². The molecule has 20 heavy (non-hydrogen) atoms. The minimum absolute atomic E-state index is 0.113. The second-order valence-electron chi connectivity index (χ2n) is 4.46. The van der Waals surface area contributed by atoms with Gasteiger partial charge in [0.2, 0.25) is 0 Å². The van der Waals surface area contributed by atoms with E-state index in [2.05, 4.69) is 65.2 Å². The predicted octanol–water partition coefficient (Wildman–Crippen LogP) is 5.62. The van der Waals surface area contributed by atoms with Crippen molar-refractivity contribution in [3.8, 4) is 0 Å². The molecule has 2 rings (SSSR count). The van der Waals surface area contributed by atoms with Crippen LogP contribution in [0.2, 0.25) is 0 Å². The van der Waals surface area contributed by atoms with Crippen LogP contribution in [0, 0.1) is 5.82 Å². The van der Waals surface area contributed by atoms with Gasteiger partial charge in [-0.25, -0.2) is 4.39 Å². The lowest BCUT2D eigenvalue weighted by molar-refractivity contribution is 0.580. The van der Waals surface area contributed by atoms with Crippen molar-refractivity contribution in [2.45, 2.75) is 12.5 Å². The average Bonchev–Trinajstić information content (AvgIpc) is 2.39. The Labute approximate surface area is 143 Å². The first kappa shape index (κ1) is 16.1. The highest BCUT2D eigenvalue weighted by atomic mass is 79.9. The maximum atomic E-state index is 13.6. The third kappa shape index (κ3) is 3.91. The molecule has 0 saturated heterocycles. The van der Waals surface area contributed by atoms with Crippen molar-refractivity contribution < 1.29 is 4.39 Å². The topological polar surface area (TPSA) is 12.0 Å². The Morgan fingerprint density at radius 2 is 1.75 bits per heavy atom. The maximum Gasteiger partial charge on any atom is 0.137 e. The van der Waals surface area contributed by atoms with E-state index in [4.69, 9.17) is 0 Å². The standard InChI is InChI=1S/C15H13Br3FN/c1-20-14(10-5-11(16)8-12(17)6-10)7-9-3-2-4-13(19)15(9)18/h2-6,8,14,20H,7H2,1H3. The highest BCUT2D eigenvalue weighted by Crippen LogP contribution is 2.29. The fourth-order valence-electron chi connectivity index (χ4n) is 2.09. The minimum atomic E-state index is -0.229. The van der Waals surface area contributed by atoms with Gasteiger partial charge in [0.15, 0.2) is 0 Å². The molecule has 0 fully saturated rings. The Balaban J connectivity index is 2.31. The van der Waals surface area contributed by atoms with Gasteiger partial charge in [-0.15, -0.1) is 0 Å². The van der Waals surface area contributed by atoms with Crippen molar-refractivity contribution in [3.05, 3.63) is 66.8 Å². The first-order chi connectivity index (χ1) is 9.51. The Bertz CT molecular complexity index is 596. The first-order valence-corrected chi connectivity index (χ1v) is 8.45. The molecule has 0 aliphatic carbocycles. The van der Waals surface area contributed by atoms with Gasteiger partial charge in [-0.1, -0.05) is 44.0 Å². The smallest absolute Gasteiger partial charge is 0.137 e.